The van der Waals surface area contributed by atoms with E-state index in [1.807, 2.05) is 6.92 Å². The molecule has 0 unspecified atom stereocenters. The van der Waals surface area contributed by atoms with Crippen LogP contribution in [0.3, 0.4) is 0 Å². The van der Waals surface area contributed by atoms with E-state index in [0.29, 0.717) is 12.2 Å². The van der Waals surface area contributed by atoms with Gasteiger partial charge in [0.2, 0.25) is 0 Å². The zero-order valence-corrected chi connectivity index (χ0v) is 13.5. The maximum Gasteiger partial charge on any atom is 0.338 e. The van der Waals surface area contributed by atoms with Gasteiger partial charge in [0.25, 0.3) is 5.91 Å². The molecule has 0 atom stereocenters. The summed E-state index contributed by atoms with van der Waals surface area (Å²) < 4.78 is 4.86. The largest absolute Gasteiger partial charge is 0.506 e. The molecular formula is C17H19N3O4. The van der Waals surface area contributed by atoms with Crippen molar-refractivity contribution in [2.45, 2.75) is 13.8 Å². The van der Waals surface area contributed by atoms with Crippen LogP contribution >= 0.6 is 0 Å². The number of nitrogens with zero attached hydrogens (tertiary/aromatic N) is 1. The van der Waals surface area contributed by atoms with Gasteiger partial charge in [-0.3, -0.25) is 4.79 Å². The summed E-state index contributed by atoms with van der Waals surface area (Å²) in [4.78, 5) is 28.1. The number of ether oxygens (including phenoxy) is 1. The Kier molecular flexibility index (Phi) is 5.73. The number of anilines is 2. The standard InChI is InChI=1S/C17H19N3O4/c1-3-18-13-6-5-9-19-15(13)16(22)20-12-8-7-11(10-14(12)21)17(23)24-4-2/h5-10,18,21H,3-4H2,1-2H3,(H,20,22). The molecule has 0 aliphatic carbocycles. The van der Waals surface area contributed by atoms with Crippen LogP contribution in [0.25, 0.3) is 0 Å². The maximum atomic E-state index is 12.4. The number of phenols is 1. The van der Waals surface area contributed by atoms with Crippen molar-refractivity contribution in [3.8, 4) is 5.75 Å². The number of benzene rings is 1. The lowest BCUT2D eigenvalue weighted by atomic mass is 10.2. The first-order valence-corrected chi connectivity index (χ1v) is 7.57. The van der Waals surface area contributed by atoms with Gasteiger partial charge in [0.05, 0.1) is 23.5 Å². The highest BCUT2D eigenvalue weighted by Crippen LogP contribution is 2.26. The van der Waals surface area contributed by atoms with Crippen molar-refractivity contribution in [1.29, 1.82) is 0 Å². The predicted molar refractivity (Wildman–Crippen MR) is 90.4 cm³/mol. The van der Waals surface area contributed by atoms with E-state index in [2.05, 4.69) is 15.6 Å². The van der Waals surface area contributed by atoms with Gasteiger partial charge < -0.3 is 20.5 Å². The van der Waals surface area contributed by atoms with Crippen molar-refractivity contribution in [3.63, 3.8) is 0 Å². The summed E-state index contributed by atoms with van der Waals surface area (Å²) in [6, 6.07) is 7.62. The molecule has 7 nitrogen and oxygen atoms in total. The van der Waals surface area contributed by atoms with E-state index >= 15 is 0 Å². The van der Waals surface area contributed by atoms with Crippen LogP contribution in [0.4, 0.5) is 11.4 Å². The summed E-state index contributed by atoms with van der Waals surface area (Å²) in [7, 11) is 0. The molecule has 24 heavy (non-hydrogen) atoms. The number of rotatable bonds is 6. The summed E-state index contributed by atoms with van der Waals surface area (Å²) in [6.07, 6.45) is 1.51. The summed E-state index contributed by atoms with van der Waals surface area (Å²) in [6.45, 7) is 4.49. The molecule has 0 fully saturated rings. The second-order valence-corrected chi connectivity index (χ2v) is 4.84. The summed E-state index contributed by atoms with van der Waals surface area (Å²) in [5.74, 6) is -1.23. The Morgan fingerprint density at radius 3 is 2.67 bits per heavy atom. The average Bonchev–Trinajstić information content (AvgIpc) is 2.57. The highest BCUT2D eigenvalue weighted by atomic mass is 16.5. The Morgan fingerprint density at radius 2 is 2.00 bits per heavy atom. The highest BCUT2D eigenvalue weighted by molar-refractivity contribution is 6.07. The van der Waals surface area contributed by atoms with Gasteiger partial charge in [-0.15, -0.1) is 0 Å². The molecule has 0 aliphatic heterocycles. The van der Waals surface area contributed by atoms with E-state index in [-0.39, 0.29) is 29.3 Å². The van der Waals surface area contributed by atoms with Gasteiger partial charge in [-0.05, 0) is 44.2 Å². The fourth-order valence-corrected chi connectivity index (χ4v) is 2.08. The Bertz CT molecular complexity index is 746. The van der Waals surface area contributed by atoms with E-state index in [9.17, 15) is 14.7 Å². The first kappa shape index (κ1) is 17.3. The number of amides is 1. The van der Waals surface area contributed by atoms with Crippen molar-refractivity contribution in [2.24, 2.45) is 0 Å². The van der Waals surface area contributed by atoms with Crippen molar-refractivity contribution in [3.05, 3.63) is 47.8 Å². The van der Waals surface area contributed by atoms with Crippen molar-refractivity contribution in [2.75, 3.05) is 23.8 Å². The number of nitrogens with one attached hydrogen (secondary N) is 2. The first-order chi connectivity index (χ1) is 11.6. The number of aromatic hydroxyl groups is 1. The number of aromatic nitrogens is 1. The molecule has 0 spiro atoms. The Balaban J connectivity index is 2.19. The van der Waals surface area contributed by atoms with E-state index in [1.54, 1.807) is 19.1 Å². The van der Waals surface area contributed by atoms with Gasteiger partial charge in [0, 0.05) is 12.7 Å². The quantitative estimate of drug-likeness (QED) is 0.556. The number of esters is 1. The Labute approximate surface area is 139 Å². The van der Waals surface area contributed by atoms with Crippen LogP contribution in [0.5, 0.6) is 5.75 Å². The van der Waals surface area contributed by atoms with Gasteiger partial charge in [-0.25, -0.2) is 9.78 Å². The van der Waals surface area contributed by atoms with E-state index in [0.717, 1.165) is 0 Å². The molecule has 0 saturated carbocycles. The lowest BCUT2D eigenvalue weighted by Crippen LogP contribution is -2.16. The number of carbonyl (C=O) groups excluding carboxylic acids is 2. The van der Waals surface area contributed by atoms with E-state index in [1.165, 1.54) is 24.4 Å². The molecule has 1 heterocycles. The second kappa shape index (κ2) is 7.96. The topological polar surface area (TPSA) is 101 Å². The van der Waals surface area contributed by atoms with Crippen LogP contribution in [-0.2, 0) is 4.74 Å². The fraction of sp³-hybridized carbons (Fsp3) is 0.235. The molecule has 0 aliphatic rings. The molecule has 1 amide bonds. The number of hydrogen-bond acceptors (Lipinski definition) is 6. The molecule has 3 N–H and O–H groups in total. The molecule has 1 aromatic heterocycles. The normalized spacial score (nSPS) is 10.1. The van der Waals surface area contributed by atoms with Crippen LogP contribution in [0.1, 0.15) is 34.7 Å². The van der Waals surface area contributed by atoms with E-state index in [4.69, 9.17) is 4.74 Å². The zero-order chi connectivity index (χ0) is 17.5. The zero-order valence-electron chi connectivity index (χ0n) is 13.5. The van der Waals surface area contributed by atoms with Gasteiger partial charge in [-0.1, -0.05) is 0 Å². The van der Waals surface area contributed by atoms with Gasteiger partial charge in [0.15, 0.2) is 5.69 Å². The van der Waals surface area contributed by atoms with Gasteiger partial charge in [0.1, 0.15) is 5.75 Å². The van der Waals surface area contributed by atoms with Gasteiger partial charge >= 0.3 is 5.97 Å². The molecule has 0 saturated heterocycles. The SMILES string of the molecule is CCNc1cccnc1C(=O)Nc1ccc(C(=O)OCC)cc1O. The third-order valence-electron chi connectivity index (χ3n) is 3.15. The Hall–Kier alpha value is -3.09. The van der Waals surface area contributed by atoms with Gasteiger partial charge in [-0.2, -0.15) is 0 Å². The minimum absolute atomic E-state index is 0.182. The first-order valence-electron chi connectivity index (χ1n) is 7.57. The Morgan fingerprint density at radius 1 is 1.21 bits per heavy atom. The molecular weight excluding hydrogens is 310 g/mol. The van der Waals surface area contributed by atoms with Crippen LogP contribution < -0.4 is 10.6 Å². The molecule has 126 valence electrons. The summed E-state index contributed by atoms with van der Waals surface area (Å²) in [5.41, 5.74) is 1.20. The highest BCUT2D eigenvalue weighted by Gasteiger charge is 2.16. The summed E-state index contributed by atoms with van der Waals surface area (Å²) >= 11 is 0. The van der Waals surface area contributed by atoms with Crippen molar-refractivity contribution in [1.82, 2.24) is 4.98 Å². The fourth-order valence-electron chi connectivity index (χ4n) is 2.08. The monoisotopic (exact) mass is 329 g/mol. The number of hydrogen-bond donors (Lipinski definition) is 3. The molecule has 2 rings (SSSR count). The van der Waals surface area contributed by atoms with Crippen LogP contribution in [0, 0.1) is 0 Å². The van der Waals surface area contributed by atoms with E-state index < -0.39 is 11.9 Å². The third kappa shape index (κ3) is 4.01. The molecule has 1 aromatic carbocycles. The number of phenolic OH excluding ortho intramolecular Hbond substituents is 1. The maximum absolute atomic E-state index is 12.4. The minimum atomic E-state index is -0.537. The average molecular weight is 329 g/mol. The minimum Gasteiger partial charge on any atom is -0.506 e. The molecule has 0 radical (unpaired) electrons. The second-order valence-electron chi connectivity index (χ2n) is 4.84. The lowest BCUT2D eigenvalue weighted by molar-refractivity contribution is 0.0526. The predicted octanol–water partition coefficient (Wildman–Crippen LogP) is 2.65. The van der Waals surface area contributed by atoms with Crippen molar-refractivity contribution >= 4 is 23.3 Å². The number of pyridine rings is 1. The molecule has 2 aromatic rings. The van der Waals surface area contributed by atoms with Crippen LogP contribution in [0.15, 0.2) is 36.5 Å². The number of carbonyl (C=O) groups is 2. The van der Waals surface area contributed by atoms with Crippen LogP contribution in [-0.4, -0.2) is 35.1 Å². The van der Waals surface area contributed by atoms with Crippen molar-refractivity contribution < 1.29 is 19.4 Å². The molecule has 0 bridgehead atoms. The third-order valence-corrected chi connectivity index (χ3v) is 3.15. The van der Waals surface area contributed by atoms with Crippen LogP contribution in [0.2, 0.25) is 0 Å². The smallest absolute Gasteiger partial charge is 0.338 e. The molecule has 7 heteroatoms. The summed E-state index contributed by atoms with van der Waals surface area (Å²) in [5, 5.41) is 15.6. The lowest BCUT2D eigenvalue weighted by Gasteiger charge is -2.11.